The number of rotatable bonds is 1. The van der Waals surface area contributed by atoms with E-state index in [-0.39, 0.29) is 22.2 Å². The van der Waals surface area contributed by atoms with Crippen molar-refractivity contribution in [2.24, 2.45) is 5.73 Å². The highest BCUT2D eigenvalue weighted by Crippen LogP contribution is 2.46. The lowest BCUT2D eigenvalue weighted by molar-refractivity contribution is -0.807. The molecule has 1 spiro atoms. The number of hydrogen-bond acceptors (Lipinski definition) is 7. The summed E-state index contributed by atoms with van der Waals surface area (Å²) in [5.41, 5.74) is 8.26. The number of carbonyl (C=O) groups excluding carboxylic acids is 3. The second-order valence-electron chi connectivity index (χ2n) is 5.08. The standard InChI is InChI=1S/C10H13N5O5S2/c11-4-1-7(16)13-15-14(2-6(22-15)10(19)20)9(18)5(3-21-15)12-8(4)17/h4-6H,1-3,11H2,(H2-,12,13,16,17,19,20)/p+1. The number of quaternary nitrogens is 1. The highest BCUT2D eigenvalue weighted by atomic mass is 32.2. The number of nitrogens with zero attached hydrogens (tertiary/aromatic N) is 2. The highest BCUT2D eigenvalue weighted by molar-refractivity contribution is 8.07. The number of nitrogens with one attached hydrogen (secondary N) is 2. The van der Waals surface area contributed by atoms with Gasteiger partial charge in [-0.15, -0.1) is 5.01 Å². The van der Waals surface area contributed by atoms with Crippen LogP contribution in [0.5, 0.6) is 0 Å². The van der Waals surface area contributed by atoms with Crippen LogP contribution in [0.2, 0.25) is 0 Å². The Morgan fingerprint density at radius 2 is 2.14 bits per heavy atom. The zero-order valence-corrected chi connectivity index (χ0v) is 12.9. The Labute approximate surface area is 133 Å². The molecule has 120 valence electrons. The summed E-state index contributed by atoms with van der Waals surface area (Å²) in [6, 6.07) is -1.83. The van der Waals surface area contributed by atoms with Crippen molar-refractivity contribution >= 4 is 47.6 Å². The Bertz CT molecular complexity index is 574. The van der Waals surface area contributed by atoms with E-state index in [9.17, 15) is 24.3 Å². The van der Waals surface area contributed by atoms with Crippen molar-refractivity contribution in [3.63, 3.8) is 0 Å². The molecule has 2 bridgehead atoms. The van der Waals surface area contributed by atoms with Gasteiger partial charge in [0.25, 0.3) is 11.8 Å². The number of hydrogen-bond donors (Lipinski definition) is 4. The summed E-state index contributed by atoms with van der Waals surface area (Å²) in [5, 5.41) is 12.1. The first-order chi connectivity index (χ1) is 10.3. The summed E-state index contributed by atoms with van der Waals surface area (Å²) in [7, 11) is 0. The lowest BCUT2D eigenvalue weighted by atomic mass is 10.1. The first kappa shape index (κ1) is 15.4. The number of carbonyl (C=O) groups is 4. The molecule has 0 saturated carbocycles. The van der Waals surface area contributed by atoms with Crippen molar-refractivity contribution in [3.8, 4) is 0 Å². The number of carboxylic acids is 1. The molecule has 22 heavy (non-hydrogen) atoms. The van der Waals surface area contributed by atoms with Gasteiger partial charge in [0.15, 0.2) is 17.2 Å². The van der Waals surface area contributed by atoms with Gasteiger partial charge in [-0.1, -0.05) is 0 Å². The first-order valence-corrected chi connectivity index (χ1v) is 8.24. The number of nitrogens with two attached hydrogens (primary N) is 1. The van der Waals surface area contributed by atoms with Gasteiger partial charge >= 0.3 is 5.97 Å². The average molecular weight is 348 g/mol. The second kappa shape index (κ2) is 5.30. The molecule has 0 aromatic carbocycles. The van der Waals surface area contributed by atoms with Crippen molar-refractivity contribution in [2.45, 2.75) is 23.8 Å². The molecule has 12 heteroatoms. The molecule has 5 N–H and O–H groups in total. The number of amides is 3. The van der Waals surface area contributed by atoms with Crippen LogP contribution in [0.3, 0.4) is 0 Å². The van der Waals surface area contributed by atoms with Crippen LogP contribution in [-0.4, -0.2) is 66.9 Å². The fourth-order valence-corrected chi connectivity index (χ4v) is 5.22. The van der Waals surface area contributed by atoms with E-state index in [4.69, 9.17) is 5.73 Å². The summed E-state index contributed by atoms with van der Waals surface area (Å²) in [4.78, 5) is 47.7. The van der Waals surface area contributed by atoms with Gasteiger partial charge in [0.05, 0.1) is 18.2 Å². The summed E-state index contributed by atoms with van der Waals surface area (Å²) in [6.45, 7) is -0.0511. The minimum atomic E-state index is -1.06. The van der Waals surface area contributed by atoms with E-state index in [1.807, 2.05) is 0 Å². The SMILES string of the molecule is NC1CC(=O)N[N+]23SCC(NC1=O)C(=O)N2CC(C(=O)O)S3. The molecule has 4 aliphatic heterocycles. The largest absolute Gasteiger partial charge is 0.480 e. The fourth-order valence-electron chi connectivity index (χ4n) is 2.39. The van der Waals surface area contributed by atoms with Crippen molar-refractivity contribution in [3.05, 3.63) is 0 Å². The van der Waals surface area contributed by atoms with Crippen LogP contribution in [0.15, 0.2) is 0 Å². The van der Waals surface area contributed by atoms with E-state index in [0.717, 1.165) is 11.9 Å². The third-order valence-corrected chi connectivity index (χ3v) is 6.37. The normalized spacial score (nSPS) is 38.3. The van der Waals surface area contributed by atoms with Gasteiger partial charge < -0.3 is 16.2 Å². The van der Waals surface area contributed by atoms with Gasteiger partial charge in [0, 0.05) is 3.51 Å². The van der Waals surface area contributed by atoms with Gasteiger partial charge in [0.2, 0.25) is 5.91 Å². The topological polar surface area (TPSA) is 142 Å². The zero-order chi connectivity index (χ0) is 16.1. The van der Waals surface area contributed by atoms with E-state index in [1.165, 1.54) is 17.0 Å². The van der Waals surface area contributed by atoms with Gasteiger partial charge in [-0.3, -0.25) is 19.2 Å². The molecule has 0 aliphatic carbocycles. The molecule has 4 rings (SSSR count). The molecule has 0 radical (unpaired) electrons. The van der Waals surface area contributed by atoms with E-state index >= 15 is 0 Å². The van der Waals surface area contributed by atoms with Gasteiger partial charge in [-0.25, -0.2) is 0 Å². The van der Waals surface area contributed by atoms with Crippen LogP contribution >= 0.6 is 23.9 Å². The molecule has 4 unspecified atom stereocenters. The molecular formula is C10H14N5O5S2+. The van der Waals surface area contributed by atoms with Gasteiger partial charge in [-0.2, -0.15) is 5.43 Å². The van der Waals surface area contributed by atoms with Crippen molar-refractivity contribution < 1.29 is 27.8 Å². The Balaban J connectivity index is 1.96. The Kier molecular flexibility index (Phi) is 3.71. The quantitative estimate of drug-likeness (QED) is 0.303. The van der Waals surface area contributed by atoms with E-state index < -0.39 is 41.0 Å². The zero-order valence-electron chi connectivity index (χ0n) is 11.2. The lowest BCUT2D eigenvalue weighted by Crippen LogP contribution is -2.69. The van der Waals surface area contributed by atoms with Crippen molar-refractivity contribution in [2.75, 3.05) is 12.3 Å². The third-order valence-electron chi connectivity index (χ3n) is 3.50. The van der Waals surface area contributed by atoms with E-state index in [0.29, 0.717) is 0 Å². The predicted molar refractivity (Wildman–Crippen MR) is 76.1 cm³/mol. The van der Waals surface area contributed by atoms with Crippen LogP contribution in [0.1, 0.15) is 6.42 Å². The lowest BCUT2D eigenvalue weighted by Gasteiger charge is -2.40. The minimum Gasteiger partial charge on any atom is -0.480 e. The predicted octanol–water partition coefficient (Wildman–Crippen LogP) is -2.43. The summed E-state index contributed by atoms with van der Waals surface area (Å²) < 4.78 is -0.367. The molecule has 10 nitrogen and oxygen atoms in total. The molecule has 3 amide bonds. The highest BCUT2D eigenvalue weighted by Gasteiger charge is 2.61. The molecule has 0 aromatic heterocycles. The third kappa shape index (κ3) is 2.41. The molecule has 4 heterocycles. The minimum absolute atomic E-state index is 0.0511. The number of aliphatic carboxylic acids is 1. The number of carboxylic acid groups (broad SMARTS) is 1. The summed E-state index contributed by atoms with van der Waals surface area (Å²) >= 11 is 2.13. The molecular weight excluding hydrogens is 334 g/mol. The molecule has 4 saturated heterocycles. The van der Waals surface area contributed by atoms with Crippen molar-refractivity contribution in [1.82, 2.24) is 15.8 Å². The van der Waals surface area contributed by atoms with Crippen LogP contribution < -0.4 is 16.5 Å². The van der Waals surface area contributed by atoms with E-state index in [2.05, 4.69) is 10.7 Å². The van der Waals surface area contributed by atoms with Crippen LogP contribution in [0, 0.1) is 0 Å². The molecule has 4 fully saturated rings. The first-order valence-electron chi connectivity index (χ1n) is 6.46. The molecule has 0 aromatic rings. The Morgan fingerprint density at radius 3 is 2.82 bits per heavy atom. The maximum absolute atomic E-state index is 12.5. The average Bonchev–Trinajstić information content (AvgIpc) is 2.81. The molecule has 4 atom stereocenters. The smallest absolute Gasteiger partial charge is 0.324 e. The molecule has 4 aliphatic rings. The van der Waals surface area contributed by atoms with Crippen LogP contribution in [0.25, 0.3) is 0 Å². The fraction of sp³-hybridized carbons (Fsp3) is 0.600. The van der Waals surface area contributed by atoms with Crippen LogP contribution in [0.4, 0.5) is 0 Å². The maximum atomic E-state index is 12.5. The van der Waals surface area contributed by atoms with Crippen LogP contribution in [-0.2, 0) is 19.2 Å². The van der Waals surface area contributed by atoms with Crippen molar-refractivity contribution in [1.29, 1.82) is 0 Å². The number of fused-ring (bicyclic) bond motifs is 6. The van der Waals surface area contributed by atoms with Gasteiger partial charge in [-0.05, 0) is 0 Å². The van der Waals surface area contributed by atoms with Gasteiger partial charge in [0.1, 0.15) is 24.5 Å². The summed E-state index contributed by atoms with van der Waals surface area (Å²) in [5.74, 6) is -2.37. The Hall–Kier alpha value is -1.50. The van der Waals surface area contributed by atoms with E-state index in [1.54, 1.807) is 0 Å². The monoisotopic (exact) mass is 348 g/mol. The maximum Gasteiger partial charge on any atom is 0.324 e. The second-order valence-corrected chi connectivity index (χ2v) is 7.74. The Morgan fingerprint density at radius 1 is 1.41 bits per heavy atom. The summed E-state index contributed by atoms with van der Waals surface area (Å²) in [6.07, 6.45) is -0.237.